The molecule has 1 rings (SSSR count). The van der Waals surface area contributed by atoms with Crippen LogP contribution < -0.4 is 10.2 Å². The minimum atomic E-state index is 0.242. The lowest BCUT2D eigenvalue weighted by Crippen LogP contribution is -2.30. The minimum absolute atomic E-state index is 0.242. The topological polar surface area (TPSA) is 28.2 Å². The van der Waals surface area contributed by atoms with Gasteiger partial charge in [-0.15, -0.1) is 0 Å². The molecular weight excluding hydrogens is 270 g/mol. The number of aromatic nitrogens is 1. The van der Waals surface area contributed by atoms with Gasteiger partial charge < -0.3 is 10.2 Å². The van der Waals surface area contributed by atoms with Crippen LogP contribution in [0.1, 0.15) is 40.3 Å². The van der Waals surface area contributed by atoms with E-state index < -0.39 is 0 Å². The second kappa shape index (κ2) is 7.28. The van der Waals surface area contributed by atoms with Gasteiger partial charge in [-0.3, -0.25) is 0 Å². The molecule has 0 amide bonds. The zero-order valence-electron chi connectivity index (χ0n) is 13.6. The Morgan fingerprint density at radius 3 is 2.50 bits per heavy atom. The monoisotopic (exact) mass is 297 g/mol. The van der Waals surface area contributed by atoms with Crippen LogP contribution in [0.15, 0.2) is 12.1 Å². The smallest absolute Gasteiger partial charge is 0.128 e. The average molecular weight is 298 g/mol. The molecule has 0 bridgehead atoms. The maximum atomic E-state index is 6.23. The van der Waals surface area contributed by atoms with Crippen molar-refractivity contribution in [3.8, 4) is 0 Å². The van der Waals surface area contributed by atoms with E-state index >= 15 is 0 Å². The molecule has 0 atom stereocenters. The molecule has 0 unspecified atom stereocenters. The standard InChI is InChI=1S/C16H28ClN3/c1-12(2)9-18-10-14-13(17)7-8-15(19-14)20(6)11-16(3,4)5/h7-8,12,18H,9-11H2,1-6H3. The first-order valence-electron chi connectivity index (χ1n) is 7.26. The van der Waals surface area contributed by atoms with Crippen molar-refractivity contribution in [2.75, 3.05) is 25.0 Å². The largest absolute Gasteiger partial charge is 0.359 e. The molecule has 1 heterocycles. The lowest BCUT2D eigenvalue weighted by atomic mass is 9.96. The van der Waals surface area contributed by atoms with Crippen LogP contribution in [0.4, 0.5) is 5.82 Å². The third-order valence-electron chi connectivity index (χ3n) is 2.85. The van der Waals surface area contributed by atoms with Gasteiger partial charge >= 0.3 is 0 Å². The zero-order valence-corrected chi connectivity index (χ0v) is 14.4. The predicted octanol–water partition coefficient (Wildman–Crippen LogP) is 3.96. The van der Waals surface area contributed by atoms with Gasteiger partial charge in [0.2, 0.25) is 0 Å². The number of nitrogens with zero attached hydrogens (tertiary/aromatic N) is 2. The molecule has 0 radical (unpaired) electrons. The third kappa shape index (κ3) is 6.10. The first-order valence-corrected chi connectivity index (χ1v) is 7.64. The van der Waals surface area contributed by atoms with Gasteiger partial charge in [0.1, 0.15) is 5.82 Å². The van der Waals surface area contributed by atoms with Crippen LogP contribution in [0, 0.1) is 11.3 Å². The van der Waals surface area contributed by atoms with E-state index in [9.17, 15) is 0 Å². The number of pyridine rings is 1. The van der Waals surface area contributed by atoms with E-state index in [1.54, 1.807) is 0 Å². The molecule has 114 valence electrons. The predicted molar refractivity (Wildman–Crippen MR) is 88.5 cm³/mol. The molecule has 1 aromatic rings. The van der Waals surface area contributed by atoms with Crippen molar-refractivity contribution in [2.45, 2.75) is 41.2 Å². The number of halogens is 1. The lowest BCUT2D eigenvalue weighted by Gasteiger charge is -2.27. The fraction of sp³-hybridized carbons (Fsp3) is 0.688. The van der Waals surface area contributed by atoms with E-state index in [4.69, 9.17) is 11.6 Å². The van der Waals surface area contributed by atoms with Crippen LogP contribution >= 0.6 is 11.6 Å². The minimum Gasteiger partial charge on any atom is -0.359 e. The van der Waals surface area contributed by atoms with Crippen molar-refractivity contribution in [3.05, 3.63) is 22.8 Å². The van der Waals surface area contributed by atoms with Crippen LogP contribution in [-0.2, 0) is 6.54 Å². The van der Waals surface area contributed by atoms with Gasteiger partial charge in [0.15, 0.2) is 0 Å². The normalized spacial score (nSPS) is 12.0. The SMILES string of the molecule is CC(C)CNCc1nc(N(C)CC(C)(C)C)ccc1Cl. The molecule has 0 fully saturated rings. The number of rotatable bonds is 6. The van der Waals surface area contributed by atoms with Crippen LogP contribution in [0.5, 0.6) is 0 Å². The van der Waals surface area contributed by atoms with E-state index in [2.05, 4.69) is 56.9 Å². The fourth-order valence-electron chi connectivity index (χ4n) is 2.08. The molecule has 0 aliphatic rings. The molecule has 0 saturated carbocycles. The van der Waals surface area contributed by atoms with E-state index in [1.165, 1.54) is 0 Å². The van der Waals surface area contributed by atoms with Gasteiger partial charge in [0, 0.05) is 20.1 Å². The van der Waals surface area contributed by atoms with Gasteiger partial charge in [-0.2, -0.15) is 0 Å². The van der Waals surface area contributed by atoms with Gasteiger partial charge in [-0.1, -0.05) is 46.2 Å². The number of anilines is 1. The van der Waals surface area contributed by atoms with Crippen molar-refractivity contribution in [2.24, 2.45) is 11.3 Å². The van der Waals surface area contributed by atoms with E-state index in [-0.39, 0.29) is 5.41 Å². The Balaban J connectivity index is 2.75. The average Bonchev–Trinajstić information content (AvgIpc) is 2.28. The molecule has 4 heteroatoms. The summed E-state index contributed by atoms with van der Waals surface area (Å²) in [6.45, 7) is 13.7. The number of hydrogen-bond donors (Lipinski definition) is 1. The van der Waals surface area contributed by atoms with Gasteiger partial charge in [-0.25, -0.2) is 4.98 Å². The number of nitrogens with one attached hydrogen (secondary N) is 1. The quantitative estimate of drug-likeness (QED) is 0.861. The summed E-state index contributed by atoms with van der Waals surface area (Å²) in [5, 5.41) is 4.12. The summed E-state index contributed by atoms with van der Waals surface area (Å²) in [6.07, 6.45) is 0. The molecule has 0 aliphatic carbocycles. The van der Waals surface area contributed by atoms with E-state index in [0.717, 1.165) is 29.6 Å². The summed E-state index contributed by atoms with van der Waals surface area (Å²) in [5.74, 6) is 1.60. The second-order valence-electron chi connectivity index (χ2n) is 7.04. The Bertz CT molecular complexity index is 424. The van der Waals surface area contributed by atoms with Crippen molar-refractivity contribution in [1.82, 2.24) is 10.3 Å². The Kier molecular flexibility index (Phi) is 6.28. The lowest BCUT2D eigenvalue weighted by molar-refractivity contribution is 0.417. The van der Waals surface area contributed by atoms with Gasteiger partial charge in [0.05, 0.1) is 10.7 Å². The van der Waals surface area contributed by atoms with Gasteiger partial charge in [0.25, 0.3) is 0 Å². The summed E-state index contributed by atoms with van der Waals surface area (Å²) in [5.41, 5.74) is 1.16. The van der Waals surface area contributed by atoms with Gasteiger partial charge in [-0.05, 0) is 30.0 Å². The Morgan fingerprint density at radius 2 is 1.95 bits per heavy atom. The summed E-state index contributed by atoms with van der Waals surface area (Å²) in [7, 11) is 2.08. The molecule has 1 aromatic heterocycles. The molecule has 0 spiro atoms. The van der Waals surface area contributed by atoms with Crippen LogP contribution in [0.3, 0.4) is 0 Å². The number of hydrogen-bond acceptors (Lipinski definition) is 3. The highest BCUT2D eigenvalue weighted by Gasteiger charge is 2.15. The van der Waals surface area contributed by atoms with Crippen LogP contribution in [-0.4, -0.2) is 25.1 Å². The molecule has 0 aromatic carbocycles. The highest BCUT2D eigenvalue weighted by molar-refractivity contribution is 6.31. The zero-order chi connectivity index (χ0) is 15.3. The third-order valence-corrected chi connectivity index (χ3v) is 3.20. The van der Waals surface area contributed by atoms with Crippen LogP contribution in [0.25, 0.3) is 0 Å². The first-order chi connectivity index (χ1) is 9.19. The van der Waals surface area contributed by atoms with Crippen molar-refractivity contribution < 1.29 is 0 Å². The van der Waals surface area contributed by atoms with E-state index in [0.29, 0.717) is 12.5 Å². The summed E-state index contributed by atoms with van der Waals surface area (Å²) in [6, 6.07) is 3.93. The Labute approximate surface area is 128 Å². The summed E-state index contributed by atoms with van der Waals surface area (Å²) in [4.78, 5) is 6.87. The molecule has 3 nitrogen and oxygen atoms in total. The highest BCUT2D eigenvalue weighted by atomic mass is 35.5. The summed E-state index contributed by atoms with van der Waals surface area (Å²) < 4.78 is 0. The maximum Gasteiger partial charge on any atom is 0.128 e. The molecule has 20 heavy (non-hydrogen) atoms. The summed E-state index contributed by atoms with van der Waals surface area (Å²) >= 11 is 6.23. The maximum absolute atomic E-state index is 6.23. The Hall–Kier alpha value is -0.800. The highest BCUT2D eigenvalue weighted by Crippen LogP contribution is 2.22. The molecule has 0 aliphatic heterocycles. The van der Waals surface area contributed by atoms with Crippen molar-refractivity contribution >= 4 is 17.4 Å². The Morgan fingerprint density at radius 1 is 1.30 bits per heavy atom. The fourth-order valence-corrected chi connectivity index (χ4v) is 2.25. The first kappa shape index (κ1) is 17.3. The van der Waals surface area contributed by atoms with Crippen molar-refractivity contribution in [1.29, 1.82) is 0 Å². The molecular formula is C16H28ClN3. The van der Waals surface area contributed by atoms with Crippen LogP contribution in [0.2, 0.25) is 5.02 Å². The van der Waals surface area contributed by atoms with Crippen molar-refractivity contribution in [3.63, 3.8) is 0 Å². The molecule has 0 saturated heterocycles. The second-order valence-corrected chi connectivity index (χ2v) is 7.45. The molecule has 1 N–H and O–H groups in total. The van der Waals surface area contributed by atoms with E-state index in [1.807, 2.05) is 12.1 Å².